The number of sulfonamides is 1. The second-order valence-corrected chi connectivity index (χ2v) is 6.62. The van der Waals surface area contributed by atoms with Gasteiger partial charge in [-0.3, -0.25) is 9.59 Å². The Balaban J connectivity index is 2.31. The number of aliphatic carboxylic acids is 1. The second-order valence-electron chi connectivity index (χ2n) is 4.90. The summed E-state index contributed by atoms with van der Waals surface area (Å²) in [7, 11) is -3.91. The number of hydrogen-bond donors (Lipinski definition) is 3. The molecule has 21 heavy (non-hydrogen) atoms. The van der Waals surface area contributed by atoms with E-state index >= 15 is 0 Å². The minimum Gasteiger partial charge on any atom is -0.480 e. The molecule has 2 rings (SSSR count). The molecule has 1 heterocycles. The molecule has 3 N–H and O–H groups in total. The van der Waals surface area contributed by atoms with Crippen molar-refractivity contribution in [1.82, 2.24) is 4.72 Å². The summed E-state index contributed by atoms with van der Waals surface area (Å²) in [5.74, 6) is -1.34. The Hall–Kier alpha value is -1.93. The quantitative estimate of drug-likeness (QED) is 0.758. The lowest BCUT2D eigenvalue weighted by Gasteiger charge is -2.12. The summed E-state index contributed by atoms with van der Waals surface area (Å²) in [4.78, 5) is 22.2. The lowest BCUT2D eigenvalue weighted by atomic mass is 10.1. The first kappa shape index (κ1) is 15.5. The number of carboxylic acids is 1. The van der Waals surface area contributed by atoms with Gasteiger partial charge < -0.3 is 10.4 Å². The topological polar surface area (TPSA) is 113 Å². The van der Waals surface area contributed by atoms with Crippen LogP contribution in [0.5, 0.6) is 0 Å². The molecule has 8 heteroatoms. The number of anilines is 1. The Bertz CT molecular complexity index is 684. The van der Waals surface area contributed by atoms with Gasteiger partial charge in [-0.2, -0.15) is 4.72 Å². The van der Waals surface area contributed by atoms with Gasteiger partial charge in [0.2, 0.25) is 15.9 Å². The fourth-order valence-electron chi connectivity index (χ4n) is 2.07. The van der Waals surface area contributed by atoms with Gasteiger partial charge in [0.25, 0.3) is 0 Å². The van der Waals surface area contributed by atoms with E-state index in [0.29, 0.717) is 24.9 Å². The number of rotatable bonds is 4. The van der Waals surface area contributed by atoms with Crippen LogP contribution in [0.1, 0.15) is 25.3 Å². The number of benzene rings is 1. The van der Waals surface area contributed by atoms with Gasteiger partial charge >= 0.3 is 5.97 Å². The molecule has 1 unspecified atom stereocenters. The number of aryl methyl sites for hydroxylation is 1. The van der Waals surface area contributed by atoms with Crippen LogP contribution in [0.25, 0.3) is 0 Å². The van der Waals surface area contributed by atoms with Crippen LogP contribution in [-0.2, 0) is 26.0 Å². The smallest absolute Gasteiger partial charge is 0.321 e. The van der Waals surface area contributed by atoms with E-state index in [4.69, 9.17) is 5.11 Å². The highest BCUT2D eigenvalue weighted by molar-refractivity contribution is 7.89. The van der Waals surface area contributed by atoms with E-state index in [1.54, 1.807) is 0 Å². The zero-order valence-corrected chi connectivity index (χ0v) is 12.2. The monoisotopic (exact) mass is 312 g/mol. The lowest BCUT2D eigenvalue weighted by Crippen LogP contribution is -2.38. The molecule has 0 radical (unpaired) electrons. The van der Waals surface area contributed by atoms with E-state index in [-0.39, 0.29) is 10.8 Å². The Morgan fingerprint density at radius 3 is 2.76 bits per heavy atom. The van der Waals surface area contributed by atoms with Crippen LogP contribution < -0.4 is 10.0 Å². The Labute approximate surface area is 122 Å². The van der Waals surface area contributed by atoms with Crippen molar-refractivity contribution in [3.63, 3.8) is 0 Å². The molecule has 0 aromatic heterocycles. The van der Waals surface area contributed by atoms with E-state index in [9.17, 15) is 18.0 Å². The van der Waals surface area contributed by atoms with Crippen molar-refractivity contribution in [3.8, 4) is 0 Å². The SMILES string of the molecule is CC(NS(=O)(=O)c1ccc2c(c1)CCCC(=O)N2)C(=O)O. The maximum Gasteiger partial charge on any atom is 0.321 e. The molecular formula is C13H16N2O5S. The van der Waals surface area contributed by atoms with Crippen LogP contribution in [-0.4, -0.2) is 31.4 Å². The predicted molar refractivity (Wildman–Crippen MR) is 75.4 cm³/mol. The molecular weight excluding hydrogens is 296 g/mol. The number of nitrogens with one attached hydrogen (secondary N) is 2. The molecule has 0 bridgehead atoms. The highest BCUT2D eigenvalue weighted by Crippen LogP contribution is 2.25. The van der Waals surface area contributed by atoms with E-state index in [1.165, 1.54) is 25.1 Å². The number of amides is 1. The summed E-state index contributed by atoms with van der Waals surface area (Å²) in [5, 5.41) is 11.5. The Morgan fingerprint density at radius 2 is 2.10 bits per heavy atom. The second kappa shape index (κ2) is 5.82. The normalized spacial score (nSPS) is 16.5. The molecule has 1 aliphatic rings. The van der Waals surface area contributed by atoms with Crippen molar-refractivity contribution in [3.05, 3.63) is 23.8 Å². The summed E-state index contributed by atoms with van der Waals surface area (Å²) in [5.41, 5.74) is 1.33. The molecule has 1 aromatic rings. The molecule has 1 atom stereocenters. The van der Waals surface area contributed by atoms with Gasteiger partial charge in [0.1, 0.15) is 6.04 Å². The highest BCUT2D eigenvalue weighted by Gasteiger charge is 2.23. The number of hydrogen-bond acceptors (Lipinski definition) is 4. The molecule has 0 saturated heterocycles. The summed E-state index contributed by atoms with van der Waals surface area (Å²) in [6.45, 7) is 1.25. The van der Waals surface area contributed by atoms with Crippen LogP contribution in [0.3, 0.4) is 0 Å². The number of carbonyl (C=O) groups is 2. The van der Waals surface area contributed by atoms with E-state index in [2.05, 4.69) is 10.0 Å². The molecule has 1 amide bonds. The largest absolute Gasteiger partial charge is 0.480 e. The van der Waals surface area contributed by atoms with Crippen LogP contribution in [0.2, 0.25) is 0 Å². The van der Waals surface area contributed by atoms with Gasteiger partial charge in [-0.05, 0) is 43.5 Å². The summed E-state index contributed by atoms with van der Waals surface area (Å²) in [6, 6.07) is 3.13. The molecule has 114 valence electrons. The van der Waals surface area contributed by atoms with E-state index < -0.39 is 22.0 Å². The Morgan fingerprint density at radius 1 is 1.38 bits per heavy atom. The summed E-state index contributed by atoms with van der Waals surface area (Å²) < 4.78 is 26.3. The summed E-state index contributed by atoms with van der Waals surface area (Å²) >= 11 is 0. The van der Waals surface area contributed by atoms with Crippen molar-refractivity contribution < 1.29 is 23.1 Å². The van der Waals surface area contributed by atoms with Gasteiger partial charge in [-0.15, -0.1) is 0 Å². The predicted octanol–water partition coefficient (Wildman–Crippen LogP) is 0.713. The van der Waals surface area contributed by atoms with Gasteiger partial charge in [0.05, 0.1) is 4.90 Å². The average Bonchev–Trinajstić information content (AvgIpc) is 2.57. The molecule has 0 aliphatic carbocycles. The third-order valence-corrected chi connectivity index (χ3v) is 4.75. The molecule has 0 spiro atoms. The number of fused-ring (bicyclic) bond motifs is 1. The zero-order chi connectivity index (χ0) is 15.6. The van der Waals surface area contributed by atoms with E-state index in [0.717, 1.165) is 5.56 Å². The third-order valence-electron chi connectivity index (χ3n) is 3.21. The fourth-order valence-corrected chi connectivity index (χ4v) is 3.32. The maximum absolute atomic E-state index is 12.1. The Kier molecular flexibility index (Phi) is 4.29. The van der Waals surface area contributed by atoms with Crippen molar-refractivity contribution in [1.29, 1.82) is 0 Å². The zero-order valence-electron chi connectivity index (χ0n) is 11.4. The van der Waals surface area contributed by atoms with E-state index in [1.807, 2.05) is 0 Å². The van der Waals surface area contributed by atoms with Crippen molar-refractivity contribution in [2.24, 2.45) is 0 Å². The van der Waals surface area contributed by atoms with Crippen LogP contribution in [0, 0.1) is 0 Å². The van der Waals surface area contributed by atoms with Crippen molar-refractivity contribution in [2.75, 3.05) is 5.32 Å². The first-order valence-electron chi connectivity index (χ1n) is 6.47. The molecule has 0 fully saturated rings. The minimum absolute atomic E-state index is 0.00880. The fraction of sp³-hybridized carbons (Fsp3) is 0.385. The standard InChI is InChI=1S/C13H16N2O5S/c1-8(13(17)18)15-21(19,20)10-5-6-11-9(7-10)3-2-4-12(16)14-11/h5-8,15H,2-4H2,1H3,(H,14,16)(H,17,18). The van der Waals surface area contributed by atoms with Crippen molar-refractivity contribution in [2.45, 2.75) is 37.1 Å². The van der Waals surface area contributed by atoms with Crippen LogP contribution in [0.4, 0.5) is 5.69 Å². The third kappa shape index (κ3) is 3.59. The van der Waals surface area contributed by atoms with Gasteiger partial charge in [0, 0.05) is 12.1 Å². The number of carbonyl (C=O) groups excluding carboxylic acids is 1. The molecule has 0 saturated carbocycles. The highest BCUT2D eigenvalue weighted by atomic mass is 32.2. The molecule has 1 aromatic carbocycles. The van der Waals surface area contributed by atoms with Crippen molar-refractivity contribution >= 4 is 27.6 Å². The first-order chi connectivity index (χ1) is 9.79. The minimum atomic E-state index is -3.91. The van der Waals surface area contributed by atoms with Gasteiger partial charge in [-0.25, -0.2) is 8.42 Å². The maximum atomic E-state index is 12.1. The van der Waals surface area contributed by atoms with Gasteiger partial charge in [-0.1, -0.05) is 0 Å². The average molecular weight is 312 g/mol. The molecule has 1 aliphatic heterocycles. The number of carboxylic acid groups (broad SMARTS) is 1. The summed E-state index contributed by atoms with van der Waals surface area (Å²) in [6.07, 6.45) is 1.62. The van der Waals surface area contributed by atoms with Crippen LogP contribution >= 0.6 is 0 Å². The first-order valence-corrected chi connectivity index (χ1v) is 7.96. The lowest BCUT2D eigenvalue weighted by molar-refractivity contribution is -0.138. The van der Waals surface area contributed by atoms with Gasteiger partial charge in [0.15, 0.2) is 0 Å². The molecule has 7 nitrogen and oxygen atoms in total. The van der Waals surface area contributed by atoms with Crippen LogP contribution in [0.15, 0.2) is 23.1 Å².